The summed E-state index contributed by atoms with van der Waals surface area (Å²) in [6.45, 7) is 9.13. The van der Waals surface area contributed by atoms with Gasteiger partial charge in [0.25, 0.3) is 0 Å². The van der Waals surface area contributed by atoms with Crippen LogP contribution in [-0.4, -0.2) is 17.5 Å². The van der Waals surface area contributed by atoms with Crippen LogP contribution in [0.3, 0.4) is 0 Å². The smallest absolute Gasteiger partial charge is 0.0403 e. The second-order valence-electron chi connectivity index (χ2n) is 5.93. The molecule has 1 aliphatic rings. The minimum Gasteiger partial charge on any atom is -0.381 e. The normalized spacial score (nSPS) is 22.8. The average molecular weight is 328 g/mol. The van der Waals surface area contributed by atoms with Crippen LogP contribution in [0.4, 0.5) is 5.69 Å². The molecular formula is C15H22BrNS. The minimum absolute atomic E-state index is 0.386. The number of hydrogen-bond donors (Lipinski definition) is 1. The van der Waals surface area contributed by atoms with Crippen molar-refractivity contribution in [3.8, 4) is 0 Å². The highest BCUT2D eigenvalue weighted by molar-refractivity contribution is 9.10. The van der Waals surface area contributed by atoms with E-state index in [2.05, 4.69) is 72.8 Å². The van der Waals surface area contributed by atoms with Gasteiger partial charge in [-0.05, 0) is 54.7 Å². The molecule has 1 heterocycles. The van der Waals surface area contributed by atoms with Crippen LogP contribution in [0.1, 0.15) is 31.4 Å². The Morgan fingerprint density at radius 1 is 1.28 bits per heavy atom. The number of nitrogens with one attached hydrogen (secondary N) is 1. The Hall–Kier alpha value is -0.150. The Balaban J connectivity index is 2.23. The van der Waals surface area contributed by atoms with Gasteiger partial charge in [0.15, 0.2) is 0 Å². The summed E-state index contributed by atoms with van der Waals surface area (Å²) in [6.07, 6.45) is 1.30. The molecule has 0 spiro atoms. The van der Waals surface area contributed by atoms with Crippen LogP contribution in [0.15, 0.2) is 16.6 Å². The predicted octanol–water partition coefficient (Wildman–Crippen LogP) is 5.01. The lowest BCUT2D eigenvalue weighted by atomic mass is 9.82. The second-order valence-corrected chi connectivity index (χ2v) is 7.99. The van der Waals surface area contributed by atoms with Gasteiger partial charge in [-0.1, -0.05) is 29.8 Å². The van der Waals surface area contributed by atoms with E-state index in [1.165, 1.54) is 39.2 Å². The molecule has 0 saturated carbocycles. The lowest BCUT2D eigenvalue weighted by Crippen LogP contribution is -2.42. The van der Waals surface area contributed by atoms with Gasteiger partial charge in [0.2, 0.25) is 0 Å². The summed E-state index contributed by atoms with van der Waals surface area (Å²) in [4.78, 5) is 0. The van der Waals surface area contributed by atoms with Crippen molar-refractivity contribution in [2.24, 2.45) is 5.41 Å². The fraction of sp³-hybridized carbons (Fsp3) is 0.600. The van der Waals surface area contributed by atoms with Gasteiger partial charge in [0.1, 0.15) is 0 Å². The van der Waals surface area contributed by atoms with E-state index in [1.54, 1.807) is 0 Å². The van der Waals surface area contributed by atoms with Crippen LogP contribution < -0.4 is 5.32 Å². The lowest BCUT2D eigenvalue weighted by molar-refractivity contribution is 0.305. The first-order valence-electron chi connectivity index (χ1n) is 6.51. The van der Waals surface area contributed by atoms with Gasteiger partial charge in [-0.15, -0.1) is 0 Å². The van der Waals surface area contributed by atoms with Crippen LogP contribution in [0.2, 0.25) is 0 Å². The van der Waals surface area contributed by atoms with Crippen molar-refractivity contribution in [3.05, 3.63) is 27.7 Å². The standard InChI is InChI=1S/C15H22BrNS/c1-10-7-12(16)8-11(2)14(10)17-13-9-18-6-5-15(13,3)4/h7-8,13,17H,5-6,9H2,1-4H3. The molecule has 0 radical (unpaired) electrons. The number of hydrogen-bond acceptors (Lipinski definition) is 2. The molecule has 0 bridgehead atoms. The number of thioether (sulfide) groups is 1. The highest BCUT2D eigenvalue weighted by atomic mass is 79.9. The van der Waals surface area contributed by atoms with E-state index in [-0.39, 0.29) is 0 Å². The van der Waals surface area contributed by atoms with E-state index < -0.39 is 0 Å². The van der Waals surface area contributed by atoms with Crippen LogP contribution >= 0.6 is 27.7 Å². The lowest BCUT2D eigenvalue weighted by Gasteiger charge is -2.40. The van der Waals surface area contributed by atoms with E-state index in [4.69, 9.17) is 0 Å². The molecule has 0 aliphatic carbocycles. The number of anilines is 1. The maximum atomic E-state index is 3.79. The molecule has 1 aromatic rings. The van der Waals surface area contributed by atoms with Gasteiger partial charge >= 0.3 is 0 Å². The van der Waals surface area contributed by atoms with E-state index in [0.29, 0.717) is 11.5 Å². The third kappa shape index (κ3) is 3.05. The molecule has 1 saturated heterocycles. The van der Waals surface area contributed by atoms with Crippen molar-refractivity contribution in [2.75, 3.05) is 16.8 Å². The Morgan fingerprint density at radius 2 is 1.89 bits per heavy atom. The van der Waals surface area contributed by atoms with Gasteiger partial charge in [0, 0.05) is 22.0 Å². The maximum absolute atomic E-state index is 3.79. The van der Waals surface area contributed by atoms with Gasteiger partial charge in [-0.2, -0.15) is 11.8 Å². The molecule has 0 aromatic heterocycles. The second kappa shape index (κ2) is 5.46. The molecule has 1 aromatic carbocycles. The molecule has 1 aliphatic heterocycles. The summed E-state index contributed by atoms with van der Waals surface area (Å²) >= 11 is 5.63. The van der Waals surface area contributed by atoms with Crippen LogP contribution in [0, 0.1) is 19.3 Å². The number of rotatable bonds is 2. The molecule has 100 valence electrons. The first-order valence-corrected chi connectivity index (χ1v) is 8.46. The highest BCUT2D eigenvalue weighted by Gasteiger charge is 2.32. The van der Waals surface area contributed by atoms with E-state index >= 15 is 0 Å². The highest BCUT2D eigenvalue weighted by Crippen LogP contribution is 2.37. The molecule has 18 heavy (non-hydrogen) atoms. The molecule has 2 rings (SSSR count). The summed E-state index contributed by atoms with van der Waals surface area (Å²) in [7, 11) is 0. The van der Waals surface area contributed by atoms with Crippen LogP contribution in [-0.2, 0) is 0 Å². The monoisotopic (exact) mass is 327 g/mol. The molecule has 1 nitrogen and oxygen atoms in total. The molecule has 1 unspecified atom stereocenters. The fourth-order valence-corrected chi connectivity index (χ4v) is 4.78. The average Bonchev–Trinajstić information content (AvgIpc) is 2.24. The molecule has 0 amide bonds. The van der Waals surface area contributed by atoms with Crippen LogP contribution in [0.25, 0.3) is 0 Å². The molecule has 1 fully saturated rings. The Morgan fingerprint density at radius 3 is 2.44 bits per heavy atom. The Bertz CT molecular complexity index is 419. The van der Waals surface area contributed by atoms with Crippen molar-refractivity contribution in [2.45, 2.75) is 40.2 Å². The Kier molecular flexibility index (Phi) is 4.32. The van der Waals surface area contributed by atoms with Gasteiger partial charge in [-0.3, -0.25) is 0 Å². The summed E-state index contributed by atoms with van der Waals surface area (Å²) in [6, 6.07) is 4.95. The van der Waals surface area contributed by atoms with E-state index in [0.717, 1.165) is 0 Å². The summed E-state index contributed by atoms with van der Waals surface area (Å²) in [5.74, 6) is 2.51. The molecule has 1 N–H and O–H groups in total. The molecule has 1 atom stereocenters. The maximum Gasteiger partial charge on any atom is 0.0403 e. The largest absolute Gasteiger partial charge is 0.381 e. The summed E-state index contributed by atoms with van der Waals surface area (Å²) in [5, 5.41) is 3.79. The summed E-state index contributed by atoms with van der Waals surface area (Å²) < 4.78 is 1.17. The van der Waals surface area contributed by atoms with Gasteiger partial charge in [0.05, 0.1) is 0 Å². The van der Waals surface area contributed by atoms with E-state index in [1.807, 2.05) is 0 Å². The van der Waals surface area contributed by atoms with Crippen LogP contribution in [0.5, 0.6) is 0 Å². The van der Waals surface area contributed by atoms with Crippen molar-refractivity contribution >= 4 is 33.4 Å². The topological polar surface area (TPSA) is 12.0 Å². The van der Waals surface area contributed by atoms with Gasteiger partial charge in [-0.25, -0.2) is 0 Å². The van der Waals surface area contributed by atoms with Crippen molar-refractivity contribution in [1.82, 2.24) is 0 Å². The van der Waals surface area contributed by atoms with Crippen molar-refractivity contribution in [1.29, 1.82) is 0 Å². The molecule has 3 heteroatoms. The van der Waals surface area contributed by atoms with Crippen molar-refractivity contribution in [3.63, 3.8) is 0 Å². The third-order valence-electron chi connectivity index (χ3n) is 3.93. The molecular weight excluding hydrogens is 306 g/mol. The first kappa shape index (κ1) is 14.3. The van der Waals surface area contributed by atoms with E-state index in [9.17, 15) is 0 Å². The quantitative estimate of drug-likeness (QED) is 0.819. The zero-order valence-electron chi connectivity index (χ0n) is 11.6. The van der Waals surface area contributed by atoms with Crippen molar-refractivity contribution < 1.29 is 0 Å². The first-order chi connectivity index (χ1) is 8.40. The third-order valence-corrected chi connectivity index (χ3v) is 5.45. The number of halogens is 1. The SMILES string of the molecule is Cc1cc(Br)cc(C)c1NC1CSCCC1(C)C. The fourth-order valence-electron chi connectivity index (χ4n) is 2.49. The minimum atomic E-state index is 0.386. The zero-order valence-corrected chi connectivity index (χ0v) is 14.0. The predicted molar refractivity (Wildman–Crippen MR) is 86.7 cm³/mol. The Labute approximate surface area is 123 Å². The zero-order chi connectivity index (χ0) is 13.3. The number of benzene rings is 1. The number of aryl methyl sites for hydroxylation is 2. The van der Waals surface area contributed by atoms with Gasteiger partial charge < -0.3 is 5.32 Å². The summed E-state index contributed by atoms with van der Waals surface area (Å²) in [5.41, 5.74) is 4.36.